The summed E-state index contributed by atoms with van der Waals surface area (Å²) < 4.78 is 5.55. The quantitative estimate of drug-likeness (QED) is 0.789. The second kappa shape index (κ2) is 6.13. The Hall–Kier alpha value is -1.71. The van der Waals surface area contributed by atoms with Crippen molar-refractivity contribution in [3.8, 4) is 5.75 Å². The van der Waals surface area contributed by atoms with Crippen LogP contribution in [0.25, 0.3) is 0 Å². The van der Waals surface area contributed by atoms with Crippen LogP contribution in [0.5, 0.6) is 5.75 Å². The fourth-order valence-electron chi connectivity index (χ4n) is 1.42. The summed E-state index contributed by atoms with van der Waals surface area (Å²) >= 11 is 0. The zero-order valence-electron chi connectivity index (χ0n) is 10.8. The molecule has 17 heavy (non-hydrogen) atoms. The molecule has 1 aromatic carbocycles. The number of nitrogens with one attached hydrogen (secondary N) is 2. The Labute approximate surface area is 102 Å². The van der Waals surface area contributed by atoms with E-state index in [1.54, 1.807) is 14.0 Å². The maximum Gasteiger partial charge on any atom is 0.317 e. The molecule has 0 aliphatic heterocycles. The Morgan fingerprint density at radius 2 is 1.76 bits per heavy atom. The van der Waals surface area contributed by atoms with E-state index >= 15 is 0 Å². The summed E-state index contributed by atoms with van der Waals surface area (Å²) in [7, 11) is 1.57. The van der Waals surface area contributed by atoms with Gasteiger partial charge in [0.15, 0.2) is 6.23 Å². The van der Waals surface area contributed by atoms with Crippen molar-refractivity contribution < 1.29 is 9.53 Å². The number of ether oxygens (including phenoxy) is 1. The maximum absolute atomic E-state index is 11.1. The predicted molar refractivity (Wildman–Crippen MR) is 68.2 cm³/mol. The molecule has 0 bridgehead atoms. The minimum absolute atomic E-state index is 0.253. The standard InChI is InChI=1S/C13H20N2O2/c1-9(2)11-5-7-12(8-6-11)17-10(3)15-13(16)14-4/h5-10H,1-4H3,(H2,14,15,16). The monoisotopic (exact) mass is 236 g/mol. The van der Waals surface area contributed by atoms with Crippen LogP contribution in [-0.4, -0.2) is 19.3 Å². The fourth-order valence-corrected chi connectivity index (χ4v) is 1.42. The first-order valence-corrected chi connectivity index (χ1v) is 5.77. The Balaban J connectivity index is 2.54. The van der Waals surface area contributed by atoms with Crippen molar-refractivity contribution in [1.82, 2.24) is 10.6 Å². The van der Waals surface area contributed by atoms with E-state index in [2.05, 4.69) is 24.5 Å². The largest absolute Gasteiger partial charge is 0.471 e. The summed E-state index contributed by atoms with van der Waals surface area (Å²) in [6, 6.07) is 7.64. The summed E-state index contributed by atoms with van der Waals surface area (Å²) in [4.78, 5) is 11.1. The number of benzene rings is 1. The van der Waals surface area contributed by atoms with E-state index in [1.807, 2.05) is 24.3 Å². The number of urea groups is 1. The molecule has 0 aliphatic rings. The highest BCUT2D eigenvalue weighted by molar-refractivity contribution is 5.73. The molecule has 4 heteroatoms. The SMILES string of the molecule is CNC(=O)NC(C)Oc1ccc(C(C)C)cc1. The van der Waals surface area contributed by atoms with Crippen LogP contribution < -0.4 is 15.4 Å². The van der Waals surface area contributed by atoms with Gasteiger partial charge in [0, 0.05) is 7.05 Å². The molecule has 0 spiro atoms. The highest BCUT2D eigenvalue weighted by atomic mass is 16.5. The normalized spacial score (nSPS) is 12.1. The van der Waals surface area contributed by atoms with E-state index in [1.165, 1.54) is 5.56 Å². The van der Waals surface area contributed by atoms with Crippen LogP contribution in [-0.2, 0) is 0 Å². The molecule has 1 atom stereocenters. The molecular formula is C13H20N2O2. The van der Waals surface area contributed by atoms with Crippen molar-refractivity contribution in [2.45, 2.75) is 32.9 Å². The lowest BCUT2D eigenvalue weighted by molar-refractivity contribution is 0.178. The van der Waals surface area contributed by atoms with Gasteiger partial charge in [-0.3, -0.25) is 0 Å². The number of hydrogen-bond donors (Lipinski definition) is 2. The van der Waals surface area contributed by atoms with Crippen molar-refractivity contribution in [3.05, 3.63) is 29.8 Å². The van der Waals surface area contributed by atoms with Gasteiger partial charge in [0.1, 0.15) is 5.75 Å². The third-order valence-electron chi connectivity index (χ3n) is 2.42. The van der Waals surface area contributed by atoms with Crippen molar-refractivity contribution >= 4 is 6.03 Å². The van der Waals surface area contributed by atoms with Crippen LogP contribution in [0.4, 0.5) is 4.79 Å². The lowest BCUT2D eigenvalue weighted by Crippen LogP contribution is -2.41. The van der Waals surface area contributed by atoms with Gasteiger partial charge >= 0.3 is 6.03 Å². The highest BCUT2D eigenvalue weighted by Crippen LogP contribution is 2.18. The summed E-state index contributed by atoms with van der Waals surface area (Å²) in [5.41, 5.74) is 1.27. The molecular weight excluding hydrogens is 216 g/mol. The zero-order chi connectivity index (χ0) is 12.8. The van der Waals surface area contributed by atoms with E-state index < -0.39 is 0 Å². The van der Waals surface area contributed by atoms with E-state index in [0.29, 0.717) is 5.92 Å². The van der Waals surface area contributed by atoms with Crippen molar-refractivity contribution in [2.75, 3.05) is 7.05 Å². The minimum Gasteiger partial charge on any atom is -0.471 e. The molecule has 2 N–H and O–H groups in total. The average molecular weight is 236 g/mol. The molecule has 94 valence electrons. The van der Waals surface area contributed by atoms with Gasteiger partial charge < -0.3 is 15.4 Å². The molecule has 4 nitrogen and oxygen atoms in total. The minimum atomic E-state index is -0.361. The molecule has 0 saturated heterocycles. The van der Waals surface area contributed by atoms with Gasteiger partial charge in [-0.15, -0.1) is 0 Å². The Kier molecular flexibility index (Phi) is 4.82. The Morgan fingerprint density at radius 1 is 1.18 bits per heavy atom. The van der Waals surface area contributed by atoms with Crippen LogP contribution >= 0.6 is 0 Å². The number of carbonyl (C=O) groups excluding carboxylic acids is 1. The van der Waals surface area contributed by atoms with Crippen molar-refractivity contribution in [2.24, 2.45) is 0 Å². The van der Waals surface area contributed by atoms with Crippen LogP contribution in [0.15, 0.2) is 24.3 Å². The Morgan fingerprint density at radius 3 is 2.24 bits per heavy atom. The number of amides is 2. The molecule has 1 rings (SSSR count). The van der Waals surface area contributed by atoms with E-state index in [4.69, 9.17) is 4.74 Å². The van der Waals surface area contributed by atoms with Gasteiger partial charge in [-0.25, -0.2) is 4.79 Å². The number of carbonyl (C=O) groups is 1. The summed E-state index contributed by atoms with van der Waals surface area (Å²) in [5.74, 6) is 1.25. The molecule has 1 aromatic rings. The first kappa shape index (κ1) is 13.4. The van der Waals surface area contributed by atoms with Gasteiger partial charge in [-0.05, 0) is 30.5 Å². The van der Waals surface area contributed by atoms with Gasteiger partial charge in [-0.2, -0.15) is 0 Å². The molecule has 0 aromatic heterocycles. The van der Waals surface area contributed by atoms with Crippen molar-refractivity contribution in [3.63, 3.8) is 0 Å². The third-order valence-corrected chi connectivity index (χ3v) is 2.42. The van der Waals surface area contributed by atoms with Gasteiger partial charge in [0.05, 0.1) is 0 Å². The van der Waals surface area contributed by atoms with E-state index in [-0.39, 0.29) is 12.3 Å². The van der Waals surface area contributed by atoms with Crippen molar-refractivity contribution in [1.29, 1.82) is 0 Å². The fraction of sp³-hybridized carbons (Fsp3) is 0.462. The maximum atomic E-state index is 11.1. The molecule has 0 heterocycles. The molecule has 0 aliphatic carbocycles. The molecule has 0 saturated carbocycles. The van der Waals surface area contributed by atoms with E-state index in [0.717, 1.165) is 5.75 Å². The molecule has 2 amide bonds. The van der Waals surface area contributed by atoms with E-state index in [9.17, 15) is 4.79 Å². The van der Waals surface area contributed by atoms with Gasteiger partial charge in [0.2, 0.25) is 0 Å². The summed E-state index contributed by atoms with van der Waals surface area (Å²) in [6.07, 6.45) is -0.361. The first-order chi connectivity index (χ1) is 8.02. The lowest BCUT2D eigenvalue weighted by atomic mass is 10.0. The highest BCUT2D eigenvalue weighted by Gasteiger charge is 2.06. The van der Waals surface area contributed by atoms with Crippen LogP contribution in [0, 0.1) is 0 Å². The number of hydrogen-bond acceptors (Lipinski definition) is 2. The van der Waals surface area contributed by atoms with Crippen LogP contribution in [0.2, 0.25) is 0 Å². The lowest BCUT2D eigenvalue weighted by Gasteiger charge is -2.16. The average Bonchev–Trinajstić information content (AvgIpc) is 2.29. The smallest absolute Gasteiger partial charge is 0.317 e. The van der Waals surface area contributed by atoms with Crippen LogP contribution in [0.1, 0.15) is 32.3 Å². The van der Waals surface area contributed by atoms with Gasteiger partial charge in [0.25, 0.3) is 0 Å². The van der Waals surface area contributed by atoms with Gasteiger partial charge in [-0.1, -0.05) is 26.0 Å². The number of rotatable bonds is 4. The topological polar surface area (TPSA) is 50.4 Å². The predicted octanol–water partition coefficient (Wildman–Crippen LogP) is 2.46. The molecule has 1 unspecified atom stereocenters. The Bertz CT molecular complexity index is 360. The zero-order valence-corrected chi connectivity index (χ0v) is 10.8. The summed E-state index contributed by atoms with van der Waals surface area (Å²) in [5, 5.41) is 5.12. The first-order valence-electron chi connectivity index (χ1n) is 5.77. The second-order valence-electron chi connectivity index (χ2n) is 4.21. The van der Waals surface area contributed by atoms with Crippen LogP contribution in [0.3, 0.4) is 0 Å². The molecule has 0 radical (unpaired) electrons. The summed E-state index contributed by atoms with van der Waals surface area (Å²) in [6.45, 7) is 6.07. The molecule has 0 fully saturated rings. The third kappa shape index (κ3) is 4.34. The second-order valence-corrected chi connectivity index (χ2v) is 4.21.